The van der Waals surface area contributed by atoms with E-state index in [0.717, 1.165) is 55.4 Å². The molecule has 4 heterocycles. The van der Waals surface area contributed by atoms with Crippen molar-refractivity contribution in [2.75, 3.05) is 44.6 Å². The number of aromatic nitrogens is 1. The van der Waals surface area contributed by atoms with Crippen LogP contribution in [0.3, 0.4) is 0 Å². The van der Waals surface area contributed by atoms with Gasteiger partial charge in [0.1, 0.15) is 16.8 Å². The van der Waals surface area contributed by atoms with E-state index in [1.165, 1.54) is 18.9 Å². The maximum absolute atomic E-state index is 15.7. The Kier molecular flexibility index (Phi) is 6.00. The van der Waals surface area contributed by atoms with Gasteiger partial charge in [-0.3, -0.25) is 9.59 Å². The molecule has 1 amide bonds. The molecule has 200 valence electrons. The minimum Gasteiger partial charge on any atom is -0.451 e. The zero-order valence-corrected chi connectivity index (χ0v) is 21.8. The second-order valence-corrected chi connectivity index (χ2v) is 10.8. The van der Waals surface area contributed by atoms with Gasteiger partial charge in [0.2, 0.25) is 5.43 Å². The number of likely N-dealkylation sites (tertiary alicyclic amines) is 2. The van der Waals surface area contributed by atoms with E-state index in [2.05, 4.69) is 10.2 Å². The molecule has 8 heteroatoms. The van der Waals surface area contributed by atoms with E-state index in [9.17, 15) is 9.59 Å². The Labute approximate surface area is 225 Å². The largest absolute Gasteiger partial charge is 0.451 e. The molecular formula is C31H31FN4O3. The van der Waals surface area contributed by atoms with Gasteiger partial charge in [-0.25, -0.2) is 4.39 Å². The first kappa shape index (κ1) is 24.2. The topological polar surface area (TPSA) is 66.8 Å². The normalized spacial score (nSPS) is 16.9. The molecule has 3 aliphatic rings. The lowest BCUT2D eigenvalue weighted by Crippen LogP contribution is -2.38. The fourth-order valence-corrected chi connectivity index (χ4v) is 6.31. The number of fused-ring (bicyclic) bond motifs is 4. The number of hydrogen-bond acceptors (Lipinski definition) is 5. The van der Waals surface area contributed by atoms with Gasteiger partial charge in [0.05, 0.1) is 11.1 Å². The molecule has 0 unspecified atom stereocenters. The number of anilines is 1. The number of ether oxygens (including phenoxy) is 1. The summed E-state index contributed by atoms with van der Waals surface area (Å²) >= 11 is 0. The van der Waals surface area contributed by atoms with Crippen LogP contribution in [0, 0.1) is 5.82 Å². The molecule has 0 spiro atoms. The van der Waals surface area contributed by atoms with Gasteiger partial charge in [-0.2, -0.15) is 0 Å². The number of benzene rings is 3. The molecule has 3 aromatic carbocycles. The van der Waals surface area contributed by atoms with Gasteiger partial charge in [0.15, 0.2) is 17.3 Å². The molecule has 39 heavy (non-hydrogen) atoms. The molecule has 7 rings (SSSR count). The number of nitrogens with one attached hydrogen (secondary N) is 1. The van der Waals surface area contributed by atoms with Crippen molar-refractivity contribution in [2.24, 2.45) is 0 Å². The van der Waals surface area contributed by atoms with Crippen molar-refractivity contribution in [1.29, 1.82) is 0 Å². The third kappa shape index (κ3) is 4.05. The van der Waals surface area contributed by atoms with Crippen molar-refractivity contribution in [1.82, 2.24) is 14.4 Å². The Morgan fingerprint density at radius 2 is 1.72 bits per heavy atom. The number of carbonyl (C=O) groups excluding carboxylic acids is 1. The standard InChI is InChI=1S/C31H31FN4O3/c32-24-18-22-28-30(26(24)33-12-17-34-13-6-7-14-34)39-25-11-10-20-8-2-3-9-21(20)27(25)36(28)19-23(29(22)37)31(38)35-15-4-1-5-16-35/h2-3,8-11,18-19,33H,1,4-7,12-17H2. The third-order valence-corrected chi connectivity index (χ3v) is 8.31. The molecule has 2 saturated heterocycles. The van der Waals surface area contributed by atoms with Crippen LogP contribution in [0.2, 0.25) is 0 Å². The van der Waals surface area contributed by atoms with E-state index in [0.29, 0.717) is 30.9 Å². The van der Waals surface area contributed by atoms with Crippen LogP contribution in [0.5, 0.6) is 11.5 Å². The Morgan fingerprint density at radius 1 is 0.949 bits per heavy atom. The summed E-state index contributed by atoms with van der Waals surface area (Å²) in [5.74, 6) is -0.0261. The van der Waals surface area contributed by atoms with Crippen molar-refractivity contribution >= 4 is 33.3 Å². The monoisotopic (exact) mass is 526 g/mol. The summed E-state index contributed by atoms with van der Waals surface area (Å²) in [6.07, 6.45) is 6.93. The average molecular weight is 527 g/mol. The van der Waals surface area contributed by atoms with Crippen molar-refractivity contribution in [2.45, 2.75) is 32.1 Å². The van der Waals surface area contributed by atoms with Gasteiger partial charge in [0.25, 0.3) is 5.91 Å². The van der Waals surface area contributed by atoms with E-state index >= 15 is 4.39 Å². The number of carbonyl (C=O) groups is 1. The van der Waals surface area contributed by atoms with Crippen LogP contribution >= 0.6 is 0 Å². The van der Waals surface area contributed by atoms with E-state index in [1.54, 1.807) is 11.1 Å². The number of rotatable bonds is 5. The van der Waals surface area contributed by atoms with Crippen LogP contribution in [0.25, 0.3) is 27.4 Å². The Bertz CT molecular complexity index is 1670. The van der Waals surface area contributed by atoms with Gasteiger partial charge in [-0.15, -0.1) is 0 Å². The van der Waals surface area contributed by atoms with Crippen LogP contribution in [0.4, 0.5) is 10.1 Å². The molecule has 0 aliphatic carbocycles. The van der Waals surface area contributed by atoms with Gasteiger partial charge < -0.3 is 24.4 Å². The summed E-state index contributed by atoms with van der Waals surface area (Å²) in [5.41, 5.74) is 1.05. The molecular weight excluding hydrogens is 495 g/mol. The zero-order chi connectivity index (χ0) is 26.5. The van der Waals surface area contributed by atoms with E-state index in [-0.39, 0.29) is 28.3 Å². The van der Waals surface area contributed by atoms with Gasteiger partial charge in [0, 0.05) is 37.8 Å². The SMILES string of the molecule is O=C(c1cn2c3c(c(NCCN4CCCC4)c(F)cc3c1=O)Oc1ccc3ccccc3c1-2)N1CCCCC1. The van der Waals surface area contributed by atoms with E-state index < -0.39 is 11.2 Å². The molecule has 0 radical (unpaired) electrons. The van der Waals surface area contributed by atoms with Crippen molar-refractivity contribution in [3.8, 4) is 17.2 Å². The summed E-state index contributed by atoms with van der Waals surface area (Å²) in [6.45, 7) is 4.71. The lowest BCUT2D eigenvalue weighted by molar-refractivity contribution is 0.0722. The molecule has 4 aromatic rings. The molecule has 2 fully saturated rings. The van der Waals surface area contributed by atoms with Crippen LogP contribution in [-0.4, -0.2) is 59.5 Å². The lowest BCUT2D eigenvalue weighted by Gasteiger charge is -2.29. The first-order valence-electron chi connectivity index (χ1n) is 14.0. The number of piperidine rings is 1. The fraction of sp³-hybridized carbons (Fsp3) is 0.355. The first-order chi connectivity index (χ1) is 19.1. The predicted octanol–water partition coefficient (Wildman–Crippen LogP) is 5.52. The highest BCUT2D eigenvalue weighted by Gasteiger charge is 2.31. The van der Waals surface area contributed by atoms with Crippen LogP contribution in [0.15, 0.2) is 53.5 Å². The number of amides is 1. The molecule has 1 N–H and O–H groups in total. The Morgan fingerprint density at radius 3 is 2.54 bits per heavy atom. The molecule has 0 atom stereocenters. The third-order valence-electron chi connectivity index (χ3n) is 8.31. The highest BCUT2D eigenvalue weighted by Crippen LogP contribution is 2.47. The minimum absolute atomic E-state index is 0.0604. The van der Waals surface area contributed by atoms with Crippen LogP contribution < -0.4 is 15.5 Å². The molecule has 1 aromatic heterocycles. The summed E-state index contributed by atoms with van der Waals surface area (Å²) in [5, 5.41) is 5.33. The Hall–Kier alpha value is -3.91. The maximum Gasteiger partial charge on any atom is 0.259 e. The van der Waals surface area contributed by atoms with Gasteiger partial charge in [-0.1, -0.05) is 30.3 Å². The predicted molar refractivity (Wildman–Crippen MR) is 151 cm³/mol. The number of nitrogens with zero attached hydrogens (tertiary/aromatic N) is 3. The molecule has 0 saturated carbocycles. The lowest BCUT2D eigenvalue weighted by atomic mass is 10.0. The summed E-state index contributed by atoms with van der Waals surface area (Å²) in [7, 11) is 0. The molecule has 3 aliphatic heterocycles. The highest BCUT2D eigenvalue weighted by atomic mass is 19.1. The zero-order valence-electron chi connectivity index (χ0n) is 21.8. The summed E-state index contributed by atoms with van der Waals surface area (Å²) in [4.78, 5) is 31.5. The molecule has 0 bridgehead atoms. The number of hydrogen-bond donors (Lipinski definition) is 1. The molecule has 7 nitrogen and oxygen atoms in total. The summed E-state index contributed by atoms with van der Waals surface area (Å²) in [6, 6.07) is 13.0. The maximum atomic E-state index is 15.7. The number of pyridine rings is 1. The van der Waals surface area contributed by atoms with Gasteiger partial charge >= 0.3 is 0 Å². The highest BCUT2D eigenvalue weighted by molar-refractivity contribution is 6.04. The van der Waals surface area contributed by atoms with Crippen LogP contribution in [0.1, 0.15) is 42.5 Å². The van der Waals surface area contributed by atoms with Crippen molar-refractivity contribution in [3.63, 3.8) is 0 Å². The Balaban J connectivity index is 1.43. The minimum atomic E-state index is -0.561. The van der Waals surface area contributed by atoms with Crippen LogP contribution in [-0.2, 0) is 0 Å². The smallest absolute Gasteiger partial charge is 0.259 e. The second kappa shape index (κ2) is 9.68. The average Bonchev–Trinajstić information content (AvgIpc) is 3.49. The van der Waals surface area contributed by atoms with E-state index in [1.807, 2.05) is 41.0 Å². The number of halogens is 1. The van der Waals surface area contributed by atoms with Gasteiger partial charge in [-0.05, 0) is 62.7 Å². The quantitative estimate of drug-likeness (QED) is 0.327. The first-order valence-corrected chi connectivity index (χ1v) is 14.0. The summed E-state index contributed by atoms with van der Waals surface area (Å²) < 4.78 is 24.0. The van der Waals surface area contributed by atoms with E-state index in [4.69, 9.17) is 4.74 Å². The fourth-order valence-electron chi connectivity index (χ4n) is 6.31. The second-order valence-electron chi connectivity index (χ2n) is 10.8. The van der Waals surface area contributed by atoms with Crippen molar-refractivity contribution in [3.05, 3.63) is 70.3 Å². The van der Waals surface area contributed by atoms with Crippen molar-refractivity contribution < 1.29 is 13.9 Å².